The molecule has 0 spiro atoms. The molecule has 2 heterocycles. The third kappa shape index (κ3) is 3.21. The Balaban J connectivity index is 2.21. The molecule has 1 atom stereocenters. The predicted octanol–water partition coefficient (Wildman–Crippen LogP) is 2.38. The first-order valence-electron chi connectivity index (χ1n) is 6.04. The molecule has 0 aliphatic carbocycles. The van der Waals surface area contributed by atoms with Crippen molar-refractivity contribution in [3.63, 3.8) is 0 Å². The third-order valence-electron chi connectivity index (χ3n) is 2.73. The number of thiophene rings is 1. The van der Waals surface area contributed by atoms with E-state index < -0.39 is 4.92 Å². The van der Waals surface area contributed by atoms with Crippen molar-refractivity contribution in [1.29, 1.82) is 0 Å². The van der Waals surface area contributed by atoms with Gasteiger partial charge in [-0.15, -0.1) is 11.3 Å². The number of hydrogen-bond donors (Lipinski definition) is 2. The number of aryl methyl sites for hydroxylation is 1. The Morgan fingerprint density at radius 2 is 2.30 bits per heavy atom. The number of rotatable bonds is 5. The SMILES string of the molecule is Cc1nc(N)nc(NC(C)Cc2cccs2)c1[N+](=O)[O-]. The van der Waals surface area contributed by atoms with Gasteiger partial charge in [-0.25, -0.2) is 4.98 Å². The molecule has 0 bridgehead atoms. The van der Waals surface area contributed by atoms with Gasteiger partial charge in [-0.2, -0.15) is 4.98 Å². The Hall–Kier alpha value is -2.22. The van der Waals surface area contributed by atoms with Gasteiger partial charge in [0.05, 0.1) is 4.92 Å². The lowest BCUT2D eigenvalue weighted by molar-refractivity contribution is -0.385. The number of nitro groups is 1. The van der Waals surface area contributed by atoms with E-state index in [9.17, 15) is 10.1 Å². The minimum absolute atomic E-state index is 0.000972. The summed E-state index contributed by atoms with van der Waals surface area (Å²) in [7, 11) is 0. The van der Waals surface area contributed by atoms with Crippen LogP contribution in [0, 0.1) is 17.0 Å². The zero-order valence-electron chi connectivity index (χ0n) is 11.2. The lowest BCUT2D eigenvalue weighted by Crippen LogP contribution is -2.20. The highest BCUT2D eigenvalue weighted by molar-refractivity contribution is 7.09. The number of nitrogens with zero attached hydrogens (tertiary/aromatic N) is 3. The molecule has 0 aliphatic heterocycles. The molecule has 20 heavy (non-hydrogen) atoms. The van der Waals surface area contributed by atoms with Crippen molar-refractivity contribution >= 4 is 28.8 Å². The third-order valence-corrected chi connectivity index (χ3v) is 3.63. The monoisotopic (exact) mass is 293 g/mol. The number of nitrogens with two attached hydrogens (primary N) is 1. The van der Waals surface area contributed by atoms with E-state index in [0.717, 1.165) is 6.42 Å². The molecule has 8 heteroatoms. The number of anilines is 2. The normalized spacial score (nSPS) is 12.1. The van der Waals surface area contributed by atoms with Gasteiger partial charge < -0.3 is 11.1 Å². The molecule has 2 rings (SSSR count). The number of hydrogen-bond acceptors (Lipinski definition) is 7. The summed E-state index contributed by atoms with van der Waals surface area (Å²) in [5, 5.41) is 16.1. The first-order valence-corrected chi connectivity index (χ1v) is 6.92. The fourth-order valence-electron chi connectivity index (χ4n) is 1.92. The summed E-state index contributed by atoms with van der Waals surface area (Å²) < 4.78 is 0. The Bertz CT molecular complexity index is 615. The van der Waals surface area contributed by atoms with Gasteiger partial charge in [-0.05, 0) is 25.3 Å². The molecule has 1 unspecified atom stereocenters. The number of aromatic nitrogens is 2. The Kier molecular flexibility index (Phi) is 4.14. The van der Waals surface area contributed by atoms with Gasteiger partial charge in [0, 0.05) is 17.3 Å². The topological polar surface area (TPSA) is 107 Å². The van der Waals surface area contributed by atoms with E-state index in [4.69, 9.17) is 5.73 Å². The van der Waals surface area contributed by atoms with E-state index in [2.05, 4.69) is 15.3 Å². The van der Waals surface area contributed by atoms with Gasteiger partial charge in [0.2, 0.25) is 11.8 Å². The summed E-state index contributed by atoms with van der Waals surface area (Å²) in [5.74, 6) is 0.197. The Labute approximate surface area is 120 Å². The van der Waals surface area contributed by atoms with Crippen LogP contribution in [-0.2, 0) is 6.42 Å². The standard InChI is InChI=1S/C12H15N5O2S/c1-7(6-9-4-3-5-20-9)14-11-10(17(18)19)8(2)15-12(13)16-11/h3-5,7H,6H2,1-2H3,(H3,13,14,15,16). The van der Waals surface area contributed by atoms with E-state index in [-0.39, 0.29) is 29.2 Å². The summed E-state index contributed by atoms with van der Waals surface area (Å²) in [6.07, 6.45) is 0.762. The van der Waals surface area contributed by atoms with E-state index in [1.54, 1.807) is 18.3 Å². The van der Waals surface area contributed by atoms with Gasteiger partial charge >= 0.3 is 5.69 Å². The molecule has 3 N–H and O–H groups in total. The summed E-state index contributed by atoms with van der Waals surface area (Å²) >= 11 is 1.65. The quantitative estimate of drug-likeness (QED) is 0.647. The predicted molar refractivity (Wildman–Crippen MR) is 78.9 cm³/mol. The molecular weight excluding hydrogens is 278 g/mol. The molecule has 0 aliphatic rings. The lowest BCUT2D eigenvalue weighted by Gasteiger charge is -2.14. The van der Waals surface area contributed by atoms with Gasteiger partial charge in [-0.3, -0.25) is 10.1 Å². The van der Waals surface area contributed by atoms with Crippen LogP contribution in [0.4, 0.5) is 17.5 Å². The van der Waals surface area contributed by atoms with Crippen LogP contribution in [-0.4, -0.2) is 20.9 Å². The van der Waals surface area contributed by atoms with Crippen molar-refractivity contribution in [3.8, 4) is 0 Å². The molecule has 0 saturated carbocycles. The highest BCUT2D eigenvalue weighted by atomic mass is 32.1. The fraction of sp³-hybridized carbons (Fsp3) is 0.333. The van der Waals surface area contributed by atoms with Crippen LogP contribution in [0.3, 0.4) is 0 Å². The van der Waals surface area contributed by atoms with Crippen LogP contribution in [0.25, 0.3) is 0 Å². The zero-order valence-corrected chi connectivity index (χ0v) is 12.0. The summed E-state index contributed by atoms with van der Waals surface area (Å²) in [4.78, 5) is 19.6. The van der Waals surface area contributed by atoms with Gasteiger partial charge in [0.1, 0.15) is 5.69 Å². The molecule has 0 radical (unpaired) electrons. The van der Waals surface area contributed by atoms with Crippen LogP contribution in [0.15, 0.2) is 17.5 Å². The molecule has 2 aromatic heterocycles. The smallest absolute Gasteiger partial charge is 0.332 e. The molecule has 0 saturated heterocycles. The van der Waals surface area contributed by atoms with Crippen molar-refractivity contribution in [2.24, 2.45) is 0 Å². The second-order valence-corrected chi connectivity index (χ2v) is 5.48. The molecule has 0 fully saturated rings. The fourth-order valence-corrected chi connectivity index (χ4v) is 2.76. The second kappa shape index (κ2) is 5.83. The molecule has 2 aromatic rings. The second-order valence-electron chi connectivity index (χ2n) is 4.45. The van der Waals surface area contributed by atoms with Crippen molar-refractivity contribution in [2.45, 2.75) is 26.3 Å². The summed E-state index contributed by atoms with van der Waals surface area (Å²) in [5.41, 5.74) is 5.69. The van der Waals surface area contributed by atoms with E-state index in [1.807, 2.05) is 24.4 Å². The minimum atomic E-state index is -0.491. The number of nitrogen functional groups attached to an aromatic ring is 1. The Morgan fingerprint density at radius 3 is 2.90 bits per heavy atom. The van der Waals surface area contributed by atoms with Crippen LogP contribution in [0.2, 0.25) is 0 Å². The summed E-state index contributed by atoms with van der Waals surface area (Å²) in [6, 6.07) is 4.00. The molecule has 0 aromatic carbocycles. The first-order chi connectivity index (χ1) is 9.47. The lowest BCUT2D eigenvalue weighted by atomic mass is 10.2. The van der Waals surface area contributed by atoms with Crippen molar-refractivity contribution in [3.05, 3.63) is 38.2 Å². The average molecular weight is 293 g/mol. The molecule has 7 nitrogen and oxygen atoms in total. The van der Waals surface area contributed by atoms with E-state index >= 15 is 0 Å². The van der Waals surface area contributed by atoms with Gasteiger partial charge in [-0.1, -0.05) is 6.07 Å². The zero-order chi connectivity index (χ0) is 14.7. The van der Waals surface area contributed by atoms with E-state index in [1.165, 1.54) is 4.88 Å². The first kappa shape index (κ1) is 14.2. The molecule has 0 amide bonds. The van der Waals surface area contributed by atoms with Crippen LogP contribution < -0.4 is 11.1 Å². The maximum absolute atomic E-state index is 11.1. The highest BCUT2D eigenvalue weighted by Gasteiger charge is 2.22. The van der Waals surface area contributed by atoms with Crippen LogP contribution in [0.1, 0.15) is 17.5 Å². The van der Waals surface area contributed by atoms with Gasteiger partial charge in [0.15, 0.2) is 0 Å². The van der Waals surface area contributed by atoms with Gasteiger partial charge in [0.25, 0.3) is 0 Å². The minimum Gasteiger partial charge on any atom is -0.368 e. The van der Waals surface area contributed by atoms with E-state index in [0.29, 0.717) is 0 Å². The highest BCUT2D eigenvalue weighted by Crippen LogP contribution is 2.26. The Morgan fingerprint density at radius 1 is 1.55 bits per heavy atom. The maximum Gasteiger partial charge on any atom is 0.332 e. The average Bonchev–Trinajstić information content (AvgIpc) is 2.79. The van der Waals surface area contributed by atoms with Crippen LogP contribution >= 0.6 is 11.3 Å². The molecular formula is C12H15N5O2S. The van der Waals surface area contributed by atoms with Crippen molar-refractivity contribution in [2.75, 3.05) is 11.1 Å². The largest absolute Gasteiger partial charge is 0.368 e. The summed E-state index contributed by atoms with van der Waals surface area (Å²) in [6.45, 7) is 3.49. The van der Waals surface area contributed by atoms with Crippen molar-refractivity contribution < 1.29 is 4.92 Å². The number of nitrogens with one attached hydrogen (secondary N) is 1. The maximum atomic E-state index is 11.1. The van der Waals surface area contributed by atoms with Crippen molar-refractivity contribution in [1.82, 2.24) is 9.97 Å². The molecule has 106 valence electrons. The van der Waals surface area contributed by atoms with Crippen LogP contribution in [0.5, 0.6) is 0 Å².